The molecule has 1 saturated heterocycles. The van der Waals surface area contributed by atoms with Crippen LogP contribution in [0, 0.1) is 17.2 Å². The van der Waals surface area contributed by atoms with Gasteiger partial charge in [-0.1, -0.05) is 32.9 Å². The summed E-state index contributed by atoms with van der Waals surface area (Å²) in [5.41, 5.74) is -0.346. The number of rotatable bonds is 8. The number of para-hydroxylation sites is 1. The number of nitrogens with zero attached hydrogens (tertiary/aromatic N) is 2. The van der Waals surface area contributed by atoms with Crippen molar-refractivity contribution in [1.82, 2.24) is 20.4 Å². The molecule has 0 radical (unpaired) electrons. The number of hydrogen-bond acceptors (Lipinski definition) is 6. The molecule has 1 aliphatic rings. The summed E-state index contributed by atoms with van der Waals surface area (Å²) in [7, 11) is 0. The van der Waals surface area contributed by atoms with Crippen molar-refractivity contribution in [2.75, 3.05) is 26.4 Å². The van der Waals surface area contributed by atoms with E-state index in [-0.39, 0.29) is 23.7 Å². The smallest absolute Gasteiger partial charge is 0.273 e. The SMILES string of the molecule is CC(C)(C)C(NC(=O)c1nn(CC2CCOCC2)c2c(F)cccc12)C(=O)NCC(O)CO. The van der Waals surface area contributed by atoms with Crippen molar-refractivity contribution in [1.29, 1.82) is 0 Å². The first-order chi connectivity index (χ1) is 15.6. The maximum Gasteiger partial charge on any atom is 0.273 e. The van der Waals surface area contributed by atoms with Crippen molar-refractivity contribution in [3.8, 4) is 0 Å². The van der Waals surface area contributed by atoms with Crippen LogP contribution in [0.4, 0.5) is 4.39 Å². The number of aromatic nitrogens is 2. The topological polar surface area (TPSA) is 126 Å². The molecule has 1 aromatic heterocycles. The van der Waals surface area contributed by atoms with Crippen LogP contribution >= 0.6 is 0 Å². The number of carbonyl (C=O) groups is 2. The van der Waals surface area contributed by atoms with Gasteiger partial charge >= 0.3 is 0 Å². The number of hydrogen-bond donors (Lipinski definition) is 4. The summed E-state index contributed by atoms with van der Waals surface area (Å²) >= 11 is 0. The van der Waals surface area contributed by atoms with Gasteiger partial charge < -0.3 is 25.6 Å². The molecule has 0 bridgehead atoms. The van der Waals surface area contributed by atoms with Crippen LogP contribution in [-0.2, 0) is 16.1 Å². The lowest BCUT2D eigenvalue weighted by atomic mass is 9.86. The van der Waals surface area contributed by atoms with Gasteiger partial charge in [0.1, 0.15) is 17.4 Å². The maximum absolute atomic E-state index is 14.7. The minimum atomic E-state index is -1.10. The van der Waals surface area contributed by atoms with E-state index < -0.39 is 41.8 Å². The van der Waals surface area contributed by atoms with E-state index in [1.54, 1.807) is 31.5 Å². The molecule has 10 heteroatoms. The summed E-state index contributed by atoms with van der Waals surface area (Å²) in [6, 6.07) is 3.56. The first-order valence-corrected chi connectivity index (χ1v) is 11.2. The lowest BCUT2D eigenvalue weighted by Gasteiger charge is -2.30. The van der Waals surface area contributed by atoms with Gasteiger partial charge in [0.2, 0.25) is 5.91 Å². The zero-order valence-corrected chi connectivity index (χ0v) is 19.3. The summed E-state index contributed by atoms with van der Waals surface area (Å²) in [6.07, 6.45) is 0.574. The van der Waals surface area contributed by atoms with Crippen LogP contribution in [0.15, 0.2) is 18.2 Å². The second kappa shape index (κ2) is 10.6. The fourth-order valence-electron chi connectivity index (χ4n) is 3.93. The van der Waals surface area contributed by atoms with Crippen molar-refractivity contribution in [3.05, 3.63) is 29.7 Å². The van der Waals surface area contributed by atoms with Crippen LogP contribution in [-0.4, -0.2) is 70.3 Å². The lowest BCUT2D eigenvalue weighted by Crippen LogP contribution is -2.54. The summed E-state index contributed by atoms with van der Waals surface area (Å²) in [4.78, 5) is 26.0. The molecule has 1 aromatic carbocycles. The average Bonchev–Trinajstić information content (AvgIpc) is 3.15. The molecular formula is C23H33FN4O5. The number of carbonyl (C=O) groups excluding carboxylic acids is 2. The third-order valence-corrected chi connectivity index (χ3v) is 5.83. The van der Waals surface area contributed by atoms with E-state index in [2.05, 4.69) is 15.7 Å². The van der Waals surface area contributed by atoms with Crippen LogP contribution in [0.1, 0.15) is 44.1 Å². The Bertz CT molecular complexity index is 981. The number of fused-ring (bicyclic) bond motifs is 1. The number of amides is 2. The van der Waals surface area contributed by atoms with E-state index in [4.69, 9.17) is 9.84 Å². The van der Waals surface area contributed by atoms with Crippen molar-refractivity contribution in [2.45, 2.75) is 52.3 Å². The van der Waals surface area contributed by atoms with Gasteiger partial charge in [-0.3, -0.25) is 14.3 Å². The quantitative estimate of drug-likeness (QED) is 0.465. The first-order valence-electron chi connectivity index (χ1n) is 11.2. The molecule has 2 atom stereocenters. The molecule has 4 N–H and O–H groups in total. The minimum Gasteiger partial charge on any atom is -0.394 e. The Labute approximate surface area is 192 Å². The Morgan fingerprint density at radius 1 is 1.30 bits per heavy atom. The van der Waals surface area contributed by atoms with E-state index in [9.17, 15) is 19.1 Å². The predicted octanol–water partition coefficient (Wildman–Crippen LogP) is 1.22. The Morgan fingerprint density at radius 3 is 2.64 bits per heavy atom. The molecule has 9 nitrogen and oxygen atoms in total. The second-order valence-electron chi connectivity index (χ2n) is 9.58. The van der Waals surface area contributed by atoms with E-state index in [0.717, 1.165) is 12.8 Å². The molecule has 2 amide bonds. The molecule has 2 unspecified atom stereocenters. The highest BCUT2D eigenvalue weighted by Gasteiger charge is 2.34. The average molecular weight is 465 g/mol. The zero-order chi connectivity index (χ0) is 24.2. The molecule has 3 rings (SSSR count). The summed E-state index contributed by atoms with van der Waals surface area (Å²) in [6.45, 7) is 6.50. The molecule has 1 fully saturated rings. The van der Waals surface area contributed by atoms with Gasteiger partial charge in [0, 0.05) is 31.7 Å². The number of aliphatic hydroxyl groups is 2. The molecule has 0 saturated carbocycles. The third-order valence-electron chi connectivity index (χ3n) is 5.83. The largest absolute Gasteiger partial charge is 0.394 e. The van der Waals surface area contributed by atoms with E-state index in [1.165, 1.54) is 12.1 Å². The number of aliphatic hydroxyl groups excluding tert-OH is 2. The standard InChI is InChI=1S/C23H33FN4O5/c1-23(2,3)20(22(32)25-11-15(30)13-29)26-21(31)18-16-5-4-6-17(24)19(16)28(27-18)12-14-7-9-33-10-8-14/h4-6,14-15,20,29-30H,7-13H2,1-3H3,(H,25,32)(H,26,31). The maximum atomic E-state index is 14.7. The predicted molar refractivity (Wildman–Crippen MR) is 120 cm³/mol. The first kappa shape index (κ1) is 25.1. The minimum absolute atomic E-state index is 0.0500. The highest BCUT2D eigenvalue weighted by Crippen LogP contribution is 2.26. The highest BCUT2D eigenvalue weighted by molar-refractivity contribution is 6.06. The van der Waals surface area contributed by atoms with Crippen LogP contribution in [0.5, 0.6) is 0 Å². The summed E-state index contributed by atoms with van der Waals surface area (Å²) < 4.78 is 21.7. The Morgan fingerprint density at radius 2 is 2.00 bits per heavy atom. The summed E-state index contributed by atoms with van der Waals surface area (Å²) in [5, 5.41) is 28.6. The Kier molecular flexibility index (Phi) is 8.04. The molecule has 2 heterocycles. The fraction of sp³-hybridized carbons (Fsp3) is 0.609. The molecule has 182 valence electrons. The van der Waals surface area contributed by atoms with Crippen LogP contribution in [0.3, 0.4) is 0 Å². The number of ether oxygens (including phenoxy) is 1. The molecular weight excluding hydrogens is 431 g/mol. The van der Waals surface area contributed by atoms with Gasteiger partial charge in [0.15, 0.2) is 5.69 Å². The van der Waals surface area contributed by atoms with Crippen molar-refractivity contribution < 1.29 is 28.9 Å². The van der Waals surface area contributed by atoms with Crippen LogP contribution in [0.25, 0.3) is 10.9 Å². The molecule has 33 heavy (non-hydrogen) atoms. The molecule has 0 spiro atoms. The van der Waals surface area contributed by atoms with Crippen molar-refractivity contribution >= 4 is 22.7 Å². The van der Waals surface area contributed by atoms with Crippen LogP contribution in [0.2, 0.25) is 0 Å². The fourth-order valence-corrected chi connectivity index (χ4v) is 3.93. The monoisotopic (exact) mass is 464 g/mol. The van der Waals surface area contributed by atoms with E-state index in [1.807, 2.05) is 0 Å². The summed E-state index contributed by atoms with van der Waals surface area (Å²) in [5.74, 6) is -1.28. The Balaban J connectivity index is 1.87. The Hall–Kier alpha value is -2.56. The van der Waals surface area contributed by atoms with Crippen molar-refractivity contribution in [3.63, 3.8) is 0 Å². The van der Waals surface area contributed by atoms with Gasteiger partial charge in [-0.15, -0.1) is 0 Å². The van der Waals surface area contributed by atoms with Gasteiger partial charge in [0.05, 0.1) is 12.7 Å². The second-order valence-corrected chi connectivity index (χ2v) is 9.58. The van der Waals surface area contributed by atoms with Gasteiger partial charge in [-0.05, 0) is 30.2 Å². The number of nitrogens with one attached hydrogen (secondary N) is 2. The van der Waals surface area contributed by atoms with Gasteiger partial charge in [0.25, 0.3) is 5.91 Å². The van der Waals surface area contributed by atoms with Gasteiger partial charge in [-0.2, -0.15) is 5.10 Å². The van der Waals surface area contributed by atoms with Crippen LogP contribution < -0.4 is 10.6 Å². The zero-order valence-electron chi connectivity index (χ0n) is 19.3. The van der Waals surface area contributed by atoms with Crippen molar-refractivity contribution in [2.24, 2.45) is 11.3 Å². The number of benzene rings is 1. The number of halogens is 1. The lowest BCUT2D eigenvalue weighted by molar-refractivity contribution is -0.125. The van der Waals surface area contributed by atoms with Gasteiger partial charge in [-0.25, -0.2) is 4.39 Å². The normalized spacial score (nSPS) is 17.0. The highest BCUT2D eigenvalue weighted by atomic mass is 19.1. The molecule has 0 aliphatic carbocycles. The molecule has 1 aliphatic heterocycles. The third kappa shape index (κ3) is 6.07. The molecule has 2 aromatic rings. The van der Waals surface area contributed by atoms with E-state index in [0.29, 0.717) is 25.1 Å². The van der Waals surface area contributed by atoms with E-state index >= 15 is 0 Å².